The monoisotopic (exact) mass is 368 g/mol. The Morgan fingerprint density at radius 3 is 2.54 bits per heavy atom. The average Bonchev–Trinajstić information content (AvgIpc) is 3.22. The van der Waals surface area contributed by atoms with Crippen LogP contribution in [0.15, 0.2) is 48.0 Å². The van der Waals surface area contributed by atoms with Crippen molar-refractivity contribution in [3.63, 3.8) is 0 Å². The van der Waals surface area contributed by atoms with Crippen molar-refractivity contribution in [2.24, 2.45) is 0 Å². The molecule has 0 radical (unpaired) electrons. The van der Waals surface area contributed by atoms with Crippen LogP contribution in [0.1, 0.15) is 20.8 Å². The molecule has 0 fully saturated rings. The number of thiophene rings is 1. The van der Waals surface area contributed by atoms with Gasteiger partial charge in [0.15, 0.2) is 0 Å². The van der Waals surface area contributed by atoms with Gasteiger partial charge in [0, 0.05) is 6.54 Å². The highest BCUT2D eigenvalue weighted by Gasteiger charge is 2.29. The lowest BCUT2D eigenvalue weighted by molar-refractivity contribution is -0.137. The molecule has 0 saturated carbocycles. The Morgan fingerprint density at radius 1 is 1.17 bits per heavy atom. The molecule has 0 aliphatic carbocycles. The number of carbonyl (C=O) groups is 1. The molecule has 0 unspecified atom stereocenters. The Labute approximate surface area is 143 Å². The molecule has 124 valence electrons. The van der Waals surface area contributed by atoms with Crippen LogP contribution in [0.2, 0.25) is 0 Å². The van der Waals surface area contributed by atoms with Gasteiger partial charge in [0.25, 0.3) is 5.91 Å². The molecule has 1 N–H and O–H groups in total. The first-order valence-electron chi connectivity index (χ1n) is 6.87. The van der Waals surface area contributed by atoms with Crippen LogP contribution in [0, 0.1) is 0 Å². The normalized spacial score (nSPS) is 11.5. The van der Waals surface area contributed by atoms with Gasteiger partial charge < -0.3 is 5.32 Å². The Balaban J connectivity index is 1.61. The molecule has 2 aromatic heterocycles. The van der Waals surface area contributed by atoms with Gasteiger partial charge in [0.2, 0.25) is 0 Å². The fraction of sp³-hybridized carbons (Fsp3) is 0.125. The number of aromatic nitrogens is 1. The average molecular weight is 368 g/mol. The SMILES string of the molecule is O=C(NCc1ccc(C(F)(F)F)cc1)c1cnc(-c2cccs2)s1. The molecule has 3 nitrogen and oxygen atoms in total. The summed E-state index contributed by atoms with van der Waals surface area (Å²) < 4.78 is 37.5. The van der Waals surface area contributed by atoms with E-state index in [1.54, 1.807) is 0 Å². The van der Waals surface area contributed by atoms with E-state index in [0.29, 0.717) is 10.4 Å². The number of rotatable bonds is 4. The van der Waals surface area contributed by atoms with E-state index < -0.39 is 11.7 Å². The molecule has 24 heavy (non-hydrogen) atoms. The van der Waals surface area contributed by atoms with E-state index in [1.807, 2.05) is 17.5 Å². The fourth-order valence-electron chi connectivity index (χ4n) is 1.97. The maximum absolute atomic E-state index is 12.5. The lowest BCUT2D eigenvalue weighted by atomic mass is 10.1. The van der Waals surface area contributed by atoms with Gasteiger partial charge in [0.1, 0.15) is 9.88 Å². The summed E-state index contributed by atoms with van der Waals surface area (Å²) in [5.41, 5.74) is -0.111. The van der Waals surface area contributed by atoms with Crippen LogP contribution in [0.25, 0.3) is 9.88 Å². The molecular weight excluding hydrogens is 357 g/mol. The summed E-state index contributed by atoms with van der Waals surface area (Å²) in [7, 11) is 0. The smallest absolute Gasteiger partial charge is 0.347 e. The summed E-state index contributed by atoms with van der Waals surface area (Å²) in [5.74, 6) is -0.296. The minimum atomic E-state index is -4.36. The number of alkyl halides is 3. The summed E-state index contributed by atoms with van der Waals surface area (Å²) in [5, 5.41) is 5.39. The quantitative estimate of drug-likeness (QED) is 0.717. The minimum absolute atomic E-state index is 0.156. The zero-order chi connectivity index (χ0) is 17.2. The molecule has 1 amide bonds. The van der Waals surface area contributed by atoms with Crippen molar-refractivity contribution in [3.05, 3.63) is 64.0 Å². The van der Waals surface area contributed by atoms with Crippen molar-refractivity contribution in [1.82, 2.24) is 10.3 Å². The summed E-state index contributed by atoms with van der Waals surface area (Å²) in [6.07, 6.45) is -2.86. The first kappa shape index (κ1) is 16.7. The third-order valence-electron chi connectivity index (χ3n) is 3.20. The van der Waals surface area contributed by atoms with Crippen molar-refractivity contribution < 1.29 is 18.0 Å². The molecular formula is C16H11F3N2OS2. The molecule has 2 heterocycles. The number of nitrogens with one attached hydrogen (secondary N) is 1. The third-order valence-corrected chi connectivity index (χ3v) is 5.23. The number of thiazole rings is 1. The van der Waals surface area contributed by atoms with Crippen molar-refractivity contribution in [2.75, 3.05) is 0 Å². The van der Waals surface area contributed by atoms with Gasteiger partial charge in [-0.2, -0.15) is 13.2 Å². The fourth-order valence-corrected chi connectivity index (χ4v) is 3.61. The lowest BCUT2D eigenvalue weighted by Crippen LogP contribution is -2.21. The van der Waals surface area contributed by atoms with Crippen LogP contribution in [-0.2, 0) is 12.7 Å². The molecule has 3 rings (SSSR count). The number of hydrogen-bond acceptors (Lipinski definition) is 4. The van der Waals surface area contributed by atoms with Crippen LogP contribution in [-0.4, -0.2) is 10.9 Å². The topological polar surface area (TPSA) is 42.0 Å². The molecule has 8 heteroatoms. The first-order chi connectivity index (χ1) is 11.4. The van der Waals surface area contributed by atoms with E-state index in [4.69, 9.17) is 0 Å². The van der Waals surface area contributed by atoms with E-state index in [9.17, 15) is 18.0 Å². The highest BCUT2D eigenvalue weighted by Crippen LogP contribution is 2.30. The van der Waals surface area contributed by atoms with Gasteiger partial charge in [-0.3, -0.25) is 4.79 Å². The number of hydrogen-bond donors (Lipinski definition) is 1. The number of carbonyl (C=O) groups excluding carboxylic acids is 1. The summed E-state index contributed by atoms with van der Waals surface area (Å²) >= 11 is 2.82. The van der Waals surface area contributed by atoms with Gasteiger partial charge in [-0.1, -0.05) is 18.2 Å². The van der Waals surface area contributed by atoms with E-state index in [0.717, 1.165) is 22.0 Å². The lowest BCUT2D eigenvalue weighted by Gasteiger charge is -2.08. The zero-order valence-electron chi connectivity index (χ0n) is 12.1. The first-order valence-corrected chi connectivity index (χ1v) is 8.57. The highest BCUT2D eigenvalue weighted by molar-refractivity contribution is 7.21. The van der Waals surface area contributed by atoms with Crippen LogP contribution < -0.4 is 5.32 Å². The van der Waals surface area contributed by atoms with Crippen LogP contribution in [0.3, 0.4) is 0 Å². The molecule has 0 spiro atoms. The van der Waals surface area contributed by atoms with Crippen LogP contribution >= 0.6 is 22.7 Å². The number of halogens is 3. The summed E-state index contributed by atoms with van der Waals surface area (Å²) in [4.78, 5) is 17.8. The second-order valence-corrected chi connectivity index (χ2v) is 6.86. The second-order valence-electron chi connectivity index (χ2n) is 4.88. The van der Waals surface area contributed by atoms with Crippen LogP contribution in [0.4, 0.5) is 13.2 Å². The van der Waals surface area contributed by atoms with E-state index in [2.05, 4.69) is 10.3 Å². The van der Waals surface area contributed by atoms with Crippen LogP contribution in [0.5, 0.6) is 0 Å². The number of nitrogens with zero attached hydrogens (tertiary/aromatic N) is 1. The summed E-state index contributed by atoms with van der Waals surface area (Å²) in [6, 6.07) is 8.55. The molecule has 1 aromatic carbocycles. The molecule has 0 aliphatic rings. The summed E-state index contributed by atoms with van der Waals surface area (Å²) in [6.45, 7) is 0.156. The Morgan fingerprint density at radius 2 is 1.92 bits per heavy atom. The Kier molecular flexibility index (Phi) is 4.68. The van der Waals surface area contributed by atoms with Gasteiger partial charge in [-0.15, -0.1) is 22.7 Å². The van der Waals surface area contributed by atoms with E-state index >= 15 is 0 Å². The van der Waals surface area contributed by atoms with Gasteiger partial charge in [-0.25, -0.2) is 4.98 Å². The van der Waals surface area contributed by atoms with Gasteiger partial charge >= 0.3 is 6.18 Å². The standard InChI is InChI=1S/C16H11F3N2OS2/c17-16(18,19)11-5-3-10(4-6-11)8-20-14(22)13-9-21-15(24-13)12-2-1-7-23-12/h1-7,9H,8H2,(H,20,22). The van der Waals surface area contributed by atoms with E-state index in [1.165, 1.54) is 41.0 Å². The molecule has 0 aliphatic heterocycles. The largest absolute Gasteiger partial charge is 0.416 e. The molecule has 3 aromatic rings. The van der Waals surface area contributed by atoms with Gasteiger partial charge in [0.05, 0.1) is 16.6 Å². The minimum Gasteiger partial charge on any atom is -0.347 e. The number of amides is 1. The highest BCUT2D eigenvalue weighted by atomic mass is 32.1. The number of benzene rings is 1. The Hall–Kier alpha value is -2.19. The predicted molar refractivity (Wildman–Crippen MR) is 88.0 cm³/mol. The van der Waals surface area contributed by atoms with Crippen molar-refractivity contribution >= 4 is 28.6 Å². The molecule has 0 saturated heterocycles. The van der Waals surface area contributed by atoms with Gasteiger partial charge in [-0.05, 0) is 29.1 Å². The van der Waals surface area contributed by atoms with Crippen molar-refractivity contribution in [3.8, 4) is 9.88 Å². The third kappa shape index (κ3) is 3.82. The van der Waals surface area contributed by atoms with Crippen molar-refractivity contribution in [2.45, 2.75) is 12.7 Å². The van der Waals surface area contributed by atoms with Crippen molar-refractivity contribution in [1.29, 1.82) is 0 Å². The molecule has 0 bridgehead atoms. The molecule has 0 atom stereocenters. The van der Waals surface area contributed by atoms with E-state index in [-0.39, 0.29) is 12.5 Å². The maximum atomic E-state index is 12.5. The Bertz CT molecular complexity index is 824. The predicted octanol–water partition coefficient (Wildman–Crippen LogP) is 4.82. The zero-order valence-corrected chi connectivity index (χ0v) is 13.8. The maximum Gasteiger partial charge on any atom is 0.416 e. The second kappa shape index (κ2) is 6.74.